The van der Waals surface area contributed by atoms with Crippen LogP contribution in [0.1, 0.15) is 30.9 Å². The third kappa shape index (κ3) is 5.49. The maximum atomic E-state index is 12.1. The number of amides is 3. The van der Waals surface area contributed by atoms with Crippen molar-refractivity contribution in [3.05, 3.63) is 59.7 Å². The summed E-state index contributed by atoms with van der Waals surface area (Å²) in [5.41, 5.74) is 2.77. The molecule has 0 spiro atoms. The Morgan fingerprint density at radius 1 is 1.11 bits per heavy atom. The first-order valence-corrected chi connectivity index (χ1v) is 9.58. The molecule has 6 heteroatoms. The number of nitrogens with zero attached hydrogens (tertiary/aromatic N) is 1. The zero-order valence-corrected chi connectivity index (χ0v) is 16.4. The van der Waals surface area contributed by atoms with Gasteiger partial charge in [-0.1, -0.05) is 31.2 Å². The Labute approximate surface area is 165 Å². The van der Waals surface area contributed by atoms with Gasteiger partial charge in [0.2, 0.25) is 5.91 Å². The average Bonchev–Trinajstić information content (AvgIpc) is 2.70. The van der Waals surface area contributed by atoms with Gasteiger partial charge in [-0.15, -0.1) is 0 Å². The molecule has 0 unspecified atom stereocenters. The van der Waals surface area contributed by atoms with Crippen molar-refractivity contribution in [2.75, 3.05) is 19.0 Å². The van der Waals surface area contributed by atoms with E-state index >= 15 is 0 Å². The van der Waals surface area contributed by atoms with Gasteiger partial charge in [-0.25, -0.2) is 4.79 Å². The molecule has 0 aromatic heterocycles. The smallest absolute Gasteiger partial charge is 0.319 e. The molecular formula is C22H27N3O3. The molecule has 2 N–H and O–H groups in total. The van der Waals surface area contributed by atoms with Crippen molar-refractivity contribution >= 4 is 17.6 Å². The number of carbonyl (C=O) groups excluding carboxylic acids is 2. The topological polar surface area (TPSA) is 70.7 Å². The predicted octanol–water partition coefficient (Wildman–Crippen LogP) is 3.78. The van der Waals surface area contributed by atoms with Crippen LogP contribution in [0.5, 0.6) is 5.75 Å². The lowest BCUT2D eigenvalue weighted by molar-refractivity contribution is -0.135. The zero-order valence-electron chi connectivity index (χ0n) is 16.4. The minimum atomic E-state index is -0.260. The molecule has 0 radical (unpaired) electrons. The molecule has 1 atom stereocenters. The summed E-state index contributed by atoms with van der Waals surface area (Å²) in [6, 6.07) is 14.9. The van der Waals surface area contributed by atoms with E-state index in [1.54, 1.807) is 7.11 Å². The Balaban J connectivity index is 1.46. The standard InChI is InChI=1S/C22H27N3O3/c1-16-11-12-25(21(26)13-16)15-18-3-7-19(8-4-18)24-22(27)23-14-17-5-9-20(28-2)10-6-17/h3-10,16H,11-15H2,1-2H3,(H2,23,24,27)/t16-/m0/s1. The first kappa shape index (κ1) is 19.7. The first-order chi connectivity index (χ1) is 13.5. The van der Waals surface area contributed by atoms with Crippen molar-refractivity contribution < 1.29 is 14.3 Å². The lowest BCUT2D eigenvalue weighted by atomic mass is 9.98. The highest BCUT2D eigenvalue weighted by molar-refractivity contribution is 5.89. The summed E-state index contributed by atoms with van der Waals surface area (Å²) < 4.78 is 5.12. The van der Waals surface area contributed by atoms with Crippen molar-refractivity contribution in [3.8, 4) is 5.75 Å². The van der Waals surface area contributed by atoms with E-state index in [1.165, 1.54) is 0 Å². The van der Waals surface area contributed by atoms with Crippen LogP contribution in [-0.4, -0.2) is 30.5 Å². The fourth-order valence-electron chi connectivity index (χ4n) is 3.21. The lowest BCUT2D eigenvalue weighted by Gasteiger charge is -2.30. The van der Waals surface area contributed by atoms with Crippen LogP contribution in [0.4, 0.5) is 10.5 Å². The van der Waals surface area contributed by atoms with Crippen LogP contribution in [0.25, 0.3) is 0 Å². The largest absolute Gasteiger partial charge is 0.497 e. The normalized spacial score (nSPS) is 16.6. The zero-order chi connectivity index (χ0) is 19.9. The number of piperidine rings is 1. The molecule has 1 heterocycles. The van der Waals surface area contributed by atoms with Gasteiger partial charge >= 0.3 is 6.03 Å². The van der Waals surface area contributed by atoms with Crippen LogP contribution in [0, 0.1) is 5.92 Å². The van der Waals surface area contributed by atoms with Gasteiger partial charge in [0, 0.05) is 31.7 Å². The number of carbonyl (C=O) groups is 2. The predicted molar refractivity (Wildman–Crippen MR) is 109 cm³/mol. The molecule has 2 aromatic carbocycles. The molecule has 1 aliphatic rings. The minimum Gasteiger partial charge on any atom is -0.497 e. The molecule has 0 aliphatic carbocycles. The third-order valence-electron chi connectivity index (χ3n) is 4.96. The van der Waals surface area contributed by atoms with E-state index in [1.807, 2.05) is 53.4 Å². The number of rotatable bonds is 6. The van der Waals surface area contributed by atoms with Gasteiger partial charge in [0.15, 0.2) is 0 Å². The van der Waals surface area contributed by atoms with Crippen molar-refractivity contribution in [1.82, 2.24) is 10.2 Å². The molecule has 1 aliphatic heterocycles. The van der Waals surface area contributed by atoms with E-state index in [0.717, 1.165) is 35.5 Å². The summed E-state index contributed by atoms with van der Waals surface area (Å²) in [7, 11) is 1.62. The van der Waals surface area contributed by atoms with Gasteiger partial charge in [0.25, 0.3) is 0 Å². The van der Waals surface area contributed by atoms with Crippen LogP contribution in [0.2, 0.25) is 0 Å². The number of urea groups is 1. The highest BCUT2D eigenvalue weighted by atomic mass is 16.5. The molecule has 0 saturated carbocycles. The van der Waals surface area contributed by atoms with Crippen LogP contribution in [0.3, 0.4) is 0 Å². The van der Waals surface area contributed by atoms with Crippen LogP contribution >= 0.6 is 0 Å². The maximum Gasteiger partial charge on any atom is 0.319 e. The fourth-order valence-corrected chi connectivity index (χ4v) is 3.21. The Morgan fingerprint density at radius 2 is 1.79 bits per heavy atom. The van der Waals surface area contributed by atoms with E-state index in [4.69, 9.17) is 4.74 Å². The molecule has 2 aromatic rings. The second-order valence-electron chi connectivity index (χ2n) is 7.27. The molecule has 0 bridgehead atoms. The van der Waals surface area contributed by atoms with Crippen molar-refractivity contribution in [2.24, 2.45) is 5.92 Å². The average molecular weight is 381 g/mol. The van der Waals surface area contributed by atoms with Crippen molar-refractivity contribution in [2.45, 2.75) is 32.9 Å². The molecule has 3 amide bonds. The Morgan fingerprint density at radius 3 is 2.43 bits per heavy atom. The summed E-state index contributed by atoms with van der Waals surface area (Å²) in [5.74, 6) is 1.49. The molecule has 1 saturated heterocycles. The molecule has 148 valence electrons. The summed E-state index contributed by atoms with van der Waals surface area (Å²) in [5, 5.41) is 5.66. The minimum absolute atomic E-state index is 0.221. The number of likely N-dealkylation sites (tertiary alicyclic amines) is 1. The Kier molecular flexibility index (Phi) is 6.53. The quantitative estimate of drug-likeness (QED) is 0.800. The van der Waals surface area contributed by atoms with Crippen molar-refractivity contribution in [3.63, 3.8) is 0 Å². The number of benzene rings is 2. The van der Waals surface area contributed by atoms with Gasteiger partial charge < -0.3 is 20.3 Å². The van der Waals surface area contributed by atoms with Crippen LogP contribution in [-0.2, 0) is 17.9 Å². The first-order valence-electron chi connectivity index (χ1n) is 9.58. The summed E-state index contributed by atoms with van der Waals surface area (Å²) in [6.45, 7) is 3.99. The highest BCUT2D eigenvalue weighted by Gasteiger charge is 2.22. The second kappa shape index (κ2) is 9.26. The maximum absolute atomic E-state index is 12.1. The van der Waals surface area contributed by atoms with Gasteiger partial charge in [-0.05, 0) is 47.7 Å². The summed E-state index contributed by atoms with van der Waals surface area (Å²) in [6.07, 6.45) is 1.69. The van der Waals surface area contributed by atoms with E-state index in [2.05, 4.69) is 17.6 Å². The molecule has 3 rings (SSSR count). The van der Waals surface area contributed by atoms with Gasteiger partial charge in [0.05, 0.1) is 7.11 Å². The molecule has 6 nitrogen and oxygen atoms in total. The molecular weight excluding hydrogens is 354 g/mol. The number of hydrogen-bond donors (Lipinski definition) is 2. The molecule has 28 heavy (non-hydrogen) atoms. The number of nitrogens with one attached hydrogen (secondary N) is 2. The number of hydrogen-bond acceptors (Lipinski definition) is 3. The fraction of sp³-hybridized carbons (Fsp3) is 0.364. The Hall–Kier alpha value is -3.02. The second-order valence-corrected chi connectivity index (χ2v) is 7.27. The SMILES string of the molecule is COc1ccc(CNC(=O)Nc2ccc(CN3CC[C@H](C)CC3=O)cc2)cc1. The monoisotopic (exact) mass is 381 g/mol. The summed E-state index contributed by atoms with van der Waals surface area (Å²) in [4.78, 5) is 26.1. The van der Waals surface area contributed by atoms with E-state index in [9.17, 15) is 9.59 Å². The van der Waals surface area contributed by atoms with Gasteiger partial charge in [-0.3, -0.25) is 4.79 Å². The van der Waals surface area contributed by atoms with Crippen LogP contribution < -0.4 is 15.4 Å². The van der Waals surface area contributed by atoms with E-state index < -0.39 is 0 Å². The molecule has 1 fully saturated rings. The van der Waals surface area contributed by atoms with Gasteiger partial charge in [0.1, 0.15) is 5.75 Å². The summed E-state index contributed by atoms with van der Waals surface area (Å²) >= 11 is 0. The van der Waals surface area contributed by atoms with Gasteiger partial charge in [-0.2, -0.15) is 0 Å². The van der Waals surface area contributed by atoms with E-state index in [-0.39, 0.29) is 11.9 Å². The van der Waals surface area contributed by atoms with Crippen molar-refractivity contribution in [1.29, 1.82) is 0 Å². The highest BCUT2D eigenvalue weighted by Crippen LogP contribution is 2.20. The lowest BCUT2D eigenvalue weighted by Crippen LogP contribution is -2.37. The third-order valence-corrected chi connectivity index (χ3v) is 4.96. The number of anilines is 1. The number of methoxy groups -OCH3 is 1. The van der Waals surface area contributed by atoms with Crippen LogP contribution in [0.15, 0.2) is 48.5 Å². The Bertz CT molecular complexity index is 803. The van der Waals surface area contributed by atoms with E-state index in [0.29, 0.717) is 25.4 Å². The number of ether oxygens (including phenoxy) is 1.